The molecule has 0 amide bonds. The Balaban J connectivity index is 2.34. The van der Waals surface area contributed by atoms with Gasteiger partial charge in [-0.15, -0.1) is 0 Å². The lowest BCUT2D eigenvalue weighted by atomic mass is 9.86. The van der Waals surface area contributed by atoms with Gasteiger partial charge in [0.05, 0.1) is 6.07 Å². The monoisotopic (exact) mass is 152 g/mol. The maximum absolute atomic E-state index is 8.69. The number of nitriles is 1. The summed E-state index contributed by atoms with van der Waals surface area (Å²) in [4.78, 5) is 2.33. The van der Waals surface area contributed by atoms with E-state index < -0.39 is 0 Å². The normalized spacial score (nSPS) is 24.5. The molecule has 1 rings (SSSR count). The van der Waals surface area contributed by atoms with Gasteiger partial charge in [-0.2, -0.15) is 5.26 Å². The molecule has 1 aliphatic heterocycles. The maximum atomic E-state index is 8.69. The van der Waals surface area contributed by atoms with Gasteiger partial charge in [0, 0.05) is 5.92 Å². The van der Waals surface area contributed by atoms with Crippen LogP contribution < -0.4 is 0 Å². The second-order valence-electron chi connectivity index (χ2n) is 3.56. The summed E-state index contributed by atoms with van der Waals surface area (Å²) in [5, 5.41) is 8.69. The van der Waals surface area contributed by atoms with Gasteiger partial charge in [0.1, 0.15) is 0 Å². The van der Waals surface area contributed by atoms with Crippen LogP contribution in [0.25, 0.3) is 0 Å². The van der Waals surface area contributed by atoms with Crippen LogP contribution in [0.5, 0.6) is 0 Å². The van der Waals surface area contributed by atoms with E-state index >= 15 is 0 Å². The molecule has 0 aromatic rings. The lowest BCUT2D eigenvalue weighted by Crippen LogP contribution is -2.32. The number of hydrogen-bond acceptors (Lipinski definition) is 2. The summed E-state index contributed by atoms with van der Waals surface area (Å²) in [6.07, 6.45) is 2.40. The molecule has 0 spiro atoms. The minimum atomic E-state index is 0.253. The number of likely N-dealkylation sites (tertiary alicyclic amines) is 1. The zero-order valence-corrected chi connectivity index (χ0v) is 7.38. The Morgan fingerprint density at radius 1 is 1.45 bits per heavy atom. The average molecular weight is 152 g/mol. The summed E-state index contributed by atoms with van der Waals surface area (Å²) in [6, 6.07) is 2.33. The van der Waals surface area contributed by atoms with E-state index in [1.807, 2.05) is 6.92 Å². The van der Waals surface area contributed by atoms with E-state index in [1.165, 1.54) is 12.8 Å². The fourth-order valence-electron chi connectivity index (χ4n) is 1.63. The van der Waals surface area contributed by atoms with Crippen molar-refractivity contribution in [3.05, 3.63) is 0 Å². The van der Waals surface area contributed by atoms with Gasteiger partial charge in [-0.05, 0) is 45.8 Å². The highest BCUT2D eigenvalue weighted by Gasteiger charge is 2.21. The van der Waals surface area contributed by atoms with E-state index in [-0.39, 0.29) is 5.92 Å². The second-order valence-corrected chi connectivity index (χ2v) is 3.56. The first-order valence-corrected chi connectivity index (χ1v) is 4.32. The third-order valence-electron chi connectivity index (χ3n) is 2.67. The van der Waals surface area contributed by atoms with Crippen molar-refractivity contribution in [1.82, 2.24) is 4.90 Å². The molecule has 1 heterocycles. The summed E-state index contributed by atoms with van der Waals surface area (Å²) in [5.74, 6) is 0.903. The molecule has 1 fully saturated rings. The molecular weight excluding hydrogens is 136 g/mol. The molecule has 0 radical (unpaired) electrons. The van der Waals surface area contributed by atoms with Gasteiger partial charge in [0.15, 0.2) is 0 Å². The van der Waals surface area contributed by atoms with Gasteiger partial charge < -0.3 is 4.90 Å². The molecule has 0 aliphatic carbocycles. The standard InChI is InChI=1S/C9H16N2/c1-8(7-10)9-3-5-11(2)6-4-9/h8-9H,3-6H2,1-2H3/t8-/m0/s1. The third-order valence-corrected chi connectivity index (χ3v) is 2.67. The first-order chi connectivity index (χ1) is 5.24. The summed E-state index contributed by atoms with van der Waals surface area (Å²) >= 11 is 0. The molecule has 1 saturated heterocycles. The van der Waals surface area contributed by atoms with E-state index in [9.17, 15) is 0 Å². The molecule has 0 aromatic carbocycles. The Bertz CT molecular complexity index is 151. The average Bonchev–Trinajstić information content (AvgIpc) is 2.05. The Morgan fingerprint density at radius 3 is 2.45 bits per heavy atom. The maximum Gasteiger partial charge on any atom is 0.0655 e. The number of hydrogen-bond donors (Lipinski definition) is 0. The minimum absolute atomic E-state index is 0.253. The van der Waals surface area contributed by atoms with Crippen molar-refractivity contribution in [2.24, 2.45) is 11.8 Å². The van der Waals surface area contributed by atoms with Crippen molar-refractivity contribution in [2.45, 2.75) is 19.8 Å². The van der Waals surface area contributed by atoms with Gasteiger partial charge in [-0.25, -0.2) is 0 Å². The van der Waals surface area contributed by atoms with E-state index in [4.69, 9.17) is 5.26 Å². The third kappa shape index (κ3) is 2.20. The van der Waals surface area contributed by atoms with Gasteiger partial charge in [0.25, 0.3) is 0 Å². The molecule has 1 atom stereocenters. The fourth-order valence-corrected chi connectivity index (χ4v) is 1.63. The summed E-state index contributed by atoms with van der Waals surface area (Å²) < 4.78 is 0. The zero-order valence-electron chi connectivity index (χ0n) is 7.38. The van der Waals surface area contributed by atoms with E-state index in [0.29, 0.717) is 5.92 Å². The van der Waals surface area contributed by atoms with Crippen molar-refractivity contribution in [1.29, 1.82) is 5.26 Å². The molecule has 0 bridgehead atoms. The Hall–Kier alpha value is -0.550. The summed E-state index contributed by atoms with van der Waals surface area (Å²) in [5.41, 5.74) is 0. The molecular formula is C9H16N2. The lowest BCUT2D eigenvalue weighted by molar-refractivity contribution is 0.197. The van der Waals surface area contributed by atoms with Gasteiger partial charge in [-0.3, -0.25) is 0 Å². The molecule has 2 nitrogen and oxygen atoms in total. The van der Waals surface area contributed by atoms with E-state index in [1.54, 1.807) is 0 Å². The second kappa shape index (κ2) is 3.73. The Morgan fingerprint density at radius 2 is 2.00 bits per heavy atom. The van der Waals surface area contributed by atoms with Crippen LogP contribution in [0.2, 0.25) is 0 Å². The zero-order chi connectivity index (χ0) is 8.27. The van der Waals surface area contributed by atoms with Crippen molar-refractivity contribution >= 4 is 0 Å². The van der Waals surface area contributed by atoms with Crippen LogP contribution in [0.15, 0.2) is 0 Å². The van der Waals surface area contributed by atoms with Crippen molar-refractivity contribution < 1.29 is 0 Å². The van der Waals surface area contributed by atoms with Crippen molar-refractivity contribution in [3.8, 4) is 6.07 Å². The molecule has 11 heavy (non-hydrogen) atoms. The number of piperidine rings is 1. The van der Waals surface area contributed by atoms with Gasteiger partial charge in [-0.1, -0.05) is 0 Å². The van der Waals surface area contributed by atoms with Crippen LogP contribution in [-0.4, -0.2) is 25.0 Å². The van der Waals surface area contributed by atoms with Gasteiger partial charge in [0.2, 0.25) is 0 Å². The van der Waals surface area contributed by atoms with Crippen LogP contribution in [0.4, 0.5) is 0 Å². The van der Waals surface area contributed by atoms with Crippen molar-refractivity contribution in [3.63, 3.8) is 0 Å². The Kier molecular flexibility index (Phi) is 2.90. The summed E-state index contributed by atoms with van der Waals surface area (Å²) in [7, 11) is 2.15. The first-order valence-electron chi connectivity index (χ1n) is 4.32. The van der Waals surface area contributed by atoms with E-state index in [2.05, 4.69) is 18.0 Å². The quantitative estimate of drug-likeness (QED) is 0.569. The van der Waals surface area contributed by atoms with Crippen LogP contribution in [0.1, 0.15) is 19.8 Å². The van der Waals surface area contributed by atoms with Gasteiger partial charge >= 0.3 is 0 Å². The lowest BCUT2D eigenvalue weighted by Gasteiger charge is -2.30. The smallest absolute Gasteiger partial charge is 0.0655 e. The SMILES string of the molecule is C[C@@H](C#N)C1CCN(C)CC1. The number of rotatable bonds is 1. The molecule has 0 aromatic heterocycles. The van der Waals surface area contributed by atoms with Crippen molar-refractivity contribution in [2.75, 3.05) is 20.1 Å². The molecule has 1 aliphatic rings. The van der Waals surface area contributed by atoms with Crippen LogP contribution in [-0.2, 0) is 0 Å². The highest BCUT2D eigenvalue weighted by molar-refractivity contribution is 4.87. The topological polar surface area (TPSA) is 27.0 Å². The predicted molar refractivity (Wildman–Crippen MR) is 45.0 cm³/mol. The predicted octanol–water partition coefficient (Wildman–Crippen LogP) is 1.49. The summed E-state index contributed by atoms with van der Waals surface area (Å²) in [6.45, 7) is 4.36. The Labute approximate surface area is 68.8 Å². The van der Waals surface area contributed by atoms with Crippen LogP contribution in [0.3, 0.4) is 0 Å². The largest absolute Gasteiger partial charge is 0.306 e. The molecule has 0 N–H and O–H groups in total. The molecule has 0 saturated carbocycles. The fraction of sp³-hybridized carbons (Fsp3) is 0.889. The van der Waals surface area contributed by atoms with E-state index in [0.717, 1.165) is 13.1 Å². The van der Waals surface area contributed by atoms with Crippen LogP contribution >= 0.6 is 0 Å². The molecule has 2 heteroatoms. The van der Waals surface area contributed by atoms with Crippen LogP contribution in [0, 0.1) is 23.2 Å². The molecule has 62 valence electrons. The minimum Gasteiger partial charge on any atom is -0.306 e. The first kappa shape index (κ1) is 8.55. The number of nitrogens with zero attached hydrogens (tertiary/aromatic N) is 2. The molecule has 0 unspecified atom stereocenters. The highest BCUT2D eigenvalue weighted by Crippen LogP contribution is 2.23. The highest BCUT2D eigenvalue weighted by atomic mass is 15.1.